The summed E-state index contributed by atoms with van der Waals surface area (Å²) in [6.45, 7) is 5.08. The third-order valence-corrected chi connectivity index (χ3v) is 3.14. The number of carbonyl (C=O) groups is 2. The Morgan fingerprint density at radius 3 is 2.85 bits per heavy atom. The van der Waals surface area contributed by atoms with Crippen LogP contribution in [-0.4, -0.2) is 31.4 Å². The molecule has 2 rings (SSSR count). The smallest absolute Gasteiger partial charge is 0.265 e. The zero-order chi connectivity index (χ0) is 14.7. The van der Waals surface area contributed by atoms with Crippen LogP contribution in [0, 0.1) is 5.92 Å². The van der Waals surface area contributed by atoms with Crippen LogP contribution in [0.2, 0.25) is 0 Å². The highest BCUT2D eigenvalue weighted by atomic mass is 16.5. The van der Waals surface area contributed by atoms with E-state index < -0.39 is 0 Å². The molecule has 108 valence electrons. The number of carbonyl (C=O) groups excluding carboxylic acids is 2. The van der Waals surface area contributed by atoms with Gasteiger partial charge < -0.3 is 15.4 Å². The maximum atomic E-state index is 12.0. The van der Waals surface area contributed by atoms with Crippen LogP contribution >= 0.6 is 0 Å². The summed E-state index contributed by atoms with van der Waals surface area (Å²) in [6.07, 6.45) is 0.303. The van der Waals surface area contributed by atoms with Gasteiger partial charge in [-0.3, -0.25) is 9.59 Å². The molecule has 20 heavy (non-hydrogen) atoms. The van der Waals surface area contributed by atoms with E-state index in [1.807, 2.05) is 13.8 Å². The van der Waals surface area contributed by atoms with E-state index in [2.05, 4.69) is 0 Å². The van der Waals surface area contributed by atoms with Crippen molar-refractivity contribution in [2.75, 3.05) is 24.6 Å². The van der Waals surface area contributed by atoms with Gasteiger partial charge in [0.05, 0.1) is 5.69 Å². The lowest BCUT2D eigenvalue weighted by Gasteiger charge is -2.31. The Morgan fingerprint density at radius 1 is 1.45 bits per heavy atom. The molecule has 1 aliphatic heterocycles. The maximum Gasteiger partial charge on any atom is 0.265 e. The molecule has 5 nitrogen and oxygen atoms in total. The fraction of sp³-hybridized carbons (Fsp3) is 0.467. The molecule has 1 amide bonds. The van der Waals surface area contributed by atoms with Crippen LogP contribution in [0.4, 0.5) is 5.69 Å². The molecule has 5 heteroatoms. The van der Waals surface area contributed by atoms with Crippen molar-refractivity contribution < 1.29 is 14.3 Å². The molecular weight excluding hydrogens is 256 g/mol. The van der Waals surface area contributed by atoms with Crippen molar-refractivity contribution >= 4 is 17.4 Å². The third-order valence-electron chi connectivity index (χ3n) is 3.14. The highest BCUT2D eigenvalue weighted by molar-refractivity contribution is 6.02. The average molecular weight is 276 g/mol. The van der Waals surface area contributed by atoms with Crippen molar-refractivity contribution in [2.45, 2.75) is 20.3 Å². The Morgan fingerprint density at radius 2 is 2.20 bits per heavy atom. The summed E-state index contributed by atoms with van der Waals surface area (Å²) in [4.78, 5) is 25.6. The lowest BCUT2D eigenvalue weighted by molar-refractivity contribution is -0.121. The number of anilines is 1. The van der Waals surface area contributed by atoms with Crippen LogP contribution < -0.4 is 15.4 Å². The summed E-state index contributed by atoms with van der Waals surface area (Å²) < 4.78 is 5.42. The summed E-state index contributed by atoms with van der Waals surface area (Å²) in [5.41, 5.74) is 6.66. The highest BCUT2D eigenvalue weighted by Crippen LogP contribution is 2.33. The van der Waals surface area contributed by atoms with Gasteiger partial charge in [-0.05, 0) is 30.7 Å². The monoisotopic (exact) mass is 276 g/mol. The van der Waals surface area contributed by atoms with Crippen LogP contribution in [0.15, 0.2) is 18.2 Å². The van der Waals surface area contributed by atoms with Crippen LogP contribution in [-0.2, 0) is 4.79 Å². The number of ether oxygens (including phenoxy) is 1. The summed E-state index contributed by atoms with van der Waals surface area (Å²) in [7, 11) is 0. The second kappa shape index (κ2) is 6.05. The first kappa shape index (κ1) is 14.5. The van der Waals surface area contributed by atoms with E-state index >= 15 is 0 Å². The van der Waals surface area contributed by atoms with Crippen molar-refractivity contribution in [1.82, 2.24) is 0 Å². The average Bonchev–Trinajstić information content (AvgIpc) is 2.41. The quantitative estimate of drug-likeness (QED) is 0.829. The summed E-state index contributed by atoms with van der Waals surface area (Å²) in [6, 6.07) is 5.20. The molecule has 0 atom stereocenters. The van der Waals surface area contributed by atoms with Gasteiger partial charge in [-0.15, -0.1) is 0 Å². The van der Waals surface area contributed by atoms with E-state index in [-0.39, 0.29) is 18.3 Å². The first-order chi connectivity index (χ1) is 9.52. The number of amides is 1. The van der Waals surface area contributed by atoms with E-state index in [0.29, 0.717) is 42.4 Å². The molecule has 0 aliphatic carbocycles. The number of nitrogens with zero attached hydrogens (tertiary/aromatic N) is 1. The van der Waals surface area contributed by atoms with Crippen LogP contribution in [0.3, 0.4) is 0 Å². The van der Waals surface area contributed by atoms with Gasteiger partial charge in [0, 0.05) is 18.5 Å². The first-order valence-electron chi connectivity index (χ1n) is 6.83. The number of hydrogen-bond acceptors (Lipinski definition) is 4. The molecule has 0 spiro atoms. The minimum atomic E-state index is -0.0744. The van der Waals surface area contributed by atoms with Crippen molar-refractivity contribution in [1.29, 1.82) is 0 Å². The van der Waals surface area contributed by atoms with Gasteiger partial charge in [0.1, 0.15) is 5.75 Å². The highest BCUT2D eigenvalue weighted by Gasteiger charge is 2.26. The summed E-state index contributed by atoms with van der Waals surface area (Å²) in [5.74, 6) is 0.898. The molecule has 1 aromatic carbocycles. The minimum Gasteiger partial charge on any atom is -0.482 e. The molecule has 1 aromatic rings. The molecule has 0 aromatic heterocycles. The Bertz CT molecular complexity index is 526. The lowest BCUT2D eigenvalue weighted by atomic mass is 10.0. The maximum absolute atomic E-state index is 12.0. The number of nitrogens with two attached hydrogens (primary N) is 1. The van der Waals surface area contributed by atoms with E-state index in [1.54, 1.807) is 23.1 Å². The lowest BCUT2D eigenvalue weighted by Crippen LogP contribution is -2.41. The molecule has 0 bridgehead atoms. The zero-order valence-electron chi connectivity index (χ0n) is 11.9. The van der Waals surface area contributed by atoms with Crippen molar-refractivity contribution in [3.8, 4) is 5.75 Å². The van der Waals surface area contributed by atoms with Gasteiger partial charge in [0.2, 0.25) is 0 Å². The standard InChI is InChI=1S/C15H20N2O3/c1-10(2)8-17-12-7-11(13(18)5-6-16)3-4-14(12)20-9-15(17)19/h3-4,7,10H,5-6,8-9,16H2,1-2H3. The second-order valence-corrected chi connectivity index (χ2v) is 5.33. The van der Waals surface area contributed by atoms with E-state index in [1.165, 1.54) is 0 Å². The Hall–Kier alpha value is -1.88. The van der Waals surface area contributed by atoms with Gasteiger partial charge in [-0.1, -0.05) is 13.8 Å². The third kappa shape index (κ3) is 2.99. The molecule has 0 radical (unpaired) electrons. The first-order valence-corrected chi connectivity index (χ1v) is 6.83. The van der Waals surface area contributed by atoms with Gasteiger partial charge in [0.15, 0.2) is 12.4 Å². The SMILES string of the molecule is CC(C)CN1C(=O)COc2ccc(C(=O)CCN)cc21. The van der Waals surface area contributed by atoms with Gasteiger partial charge in [-0.2, -0.15) is 0 Å². The molecular formula is C15H20N2O3. The Balaban J connectivity index is 2.35. The number of fused-ring (bicyclic) bond motifs is 1. The molecule has 1 heterocycles. The summed E-state index contributed by atoms with van der Waals surface area (Å²) in [5, 5.41) is 0. The van der Waals surface area contributed by atoms with E-state index in [4.69, 9.17) is 10.5 Å². The normalized spacial score (nSPS) is 14.2. The molecule has 0 saturated carbocycles. The fourth-order valence-corrected chi connectivity index (χ4v) is 2.22. The largest absolute Gasteiger partial charge is 0.482 e. The van der Waals surface area contributed by atoms with Crippen molar-refractivity contribution in [3.05, 3.63) is 23.8 Å². The molecule has 0 saturated heterocycles. The van der Waals surface area contributed by atoms with Crippen LogP contribution in [0.5, 0.6) is 5.75 Å². The number of Topliss-reactive ketones (excluding diaryl/α,β-unsaturated/α-hetero) is 1. The van der Waals surface area contributed by atoms with E-state index in [0.717, 1.165) is 0 Å². The van der Waals surface area contributed by atoms with Crippen LogP contribution in [0.1, 0.15) is 30.6 Å². The minimum absolute atomic E-state index is 0.0159. The Labute approximate surface area is 118 Å². The predicted octanol–water partition coefficient (Wildman–Crippen LogP) is 1.60. The fourth-order valence-electron chi connectivity index (χ4n) is 2.22. The molecule has 0 unspecified atom stereocenters. The van der Waals surface area contributed by atoms with Gasteiger partial charge in [-0.25, -0.2) is 0 Å². The van der Waals surface area contributed by atoms with Crippen molar-refractivity contribution in [3.63, 3.8) is 0 Å². The second-order valence-electron chi connectivity index (χ2n) is 5.33. The number of ketones is 1. The molecule has 0 fully saturated rings. The number of rotatable bonds is 5. The summed E-state index contributed by atoms with van der Waals surface area (Å²) >= 11 is 0. The zero-order valence-corrected chi connectivity index (χ0v) is 11.9. The topological polar surface area (TPSA) is 72.6 Å². The predicted molar refractivity (Wildman–Crippen MR) is 77.1 cm³/mol. The van der Waals surface area contributed by atoms with Crippen molar-refractivity contribution in [2.24, 2.45) is 11.7 Å². The van der Waals surface area contributed by atoms with E-state index in [9.17, 15) is 9.59 Å². The molecule has 1 aliphatic rings. The van der Waals surface area contributed by atoms with Crippen LogP contribution in [0.25, 0.3) is 0 Å². The van der Waals surface area contributed by atoms with Gasteiger partial charge in [0.25, 0.3) is 5.91 Å². The Kier molecular flexibility index (Phi) is 4.39. The molecule has 2 N–H and O–H groups in total. The number of hydrogen-bond donors (Lipinski definition) is 1. The van der Waals surface area contributed by atoms with Gasteiger partial charge >= 0.3 is 0 Å². The number of benzene rings is 1.